The van der Waals surface area contributed by atoms with Crippen molar-refractivity contribution in [2.75, 3.05) is 13.1 Å². The van der Waals surface area contributed by atoms with E-state index in [0.29, 0.717) is 19.0 Å². The number of hydrogen-bond donors (Lipinski definition) is 3. The summed E-state index contributed by atoms with van der Waals surface area (Å²) >= 11 is 0. The summed E-state index contributed by atoms with van der Waals surface area (Å²) in [6.07, 6.45) is 2.81. The van der Waals surface area contributed by atoms with Crippen LogP contribution in [0.3, 0.4) is 0 Å². The number of carboxylic acids is 1. The van der Waals surface area contributed by atoms with E-state index in [1.54, 1.807) is 13.8 Å². The van der Waals surface area contributed by atoms with Crippen LogP contribution in [0, 0.1) is 5.41 Å². The van der Waals surface area contributed by atoms with E-state index in [4.69, 9.17) is 5.11 Å². The second-order valence-corrected chi connectivity index (χ2v) is 4.94. The van der Waals surface area contributed by atoms with Crippen LogP contribution in [0.25, 0.3) is 0 Å². The number of amides is 1. The highest BCUT2D eigenvalue weighted by Crippen LogP contribution is 2.18. The van der Waals surface area contributed by atoms with Gasteiger partial charge in [-0.3, -0.25) is 9.59 Å². The SMILES string of the molecule is CC(C)(CNC(=O)CCNC1CC1)C(=O)O. The molecule has 0 bridgehead atoms. The molecule has 5 heteroatoms. The van der Waals surface area contributed by atoms with Gasteiger partial charge in [-0.2, -0.15) is 0 Å². The molecule has 0 aliphatic heterocycles. The largest absolute Gasteiger partial charge is 0.481 e. The van der Waals surface area contributed by atoms with E-state index < -0.39 is 11.4 Å². The van der Waals surface area contributed by atoms with Gasteiger partial charge in [-0.15, -0.1) is 0 Å². The third kappa shape index (κ3) is 4.61. The standard InChI is InChI=1S/C11H20N2O3/c1-11(2,10(15)16)7-13-9(14)5-6-12-8-3-4-8/h8,12H,3-7H2,1-2H3,(H,13,14)(H,15,16). The summed E-state index contributed by atoms with van der Waals surface area (Å²) in [5.41, 5.74) is -0.903. The molecule has 0 unspecified atom stereocenters. The number of nitrogens with one attached hydrogen (secondary N) is 2. The fraction of sp³-hybridized carbons (Fsp3) is 0.818. The lowest BCUT2D eigenvalue weighted by Crippen LogP contribution is -2.39. The molecular formula is C11H20N2O3. The van der Waals surface area contributed by atoms with E-state index in [-0.39, 0.29) is 12.5 Å². The number of aliphatic carboxylic acids is 1. The van der Waals surface area contributed by atoms with Crippen LogP contribution in [0.4, 0.5) is 0 Å². The molecule has 0 atom stereocenters. The molecular weight excluding hydrogens is 208 g/mol. The van der Waals surface area contributed by atoms with Crippen LogP contribution in [0.1, 0.15) is 33.1 Å². The predicted molar refractivity (Wildman–Crippen MR) is 60.1 cm³/mol. The van der Waals surface area contributed by atoms with Crippen LogP contribution in [0.2, 0.25) is 0 Å². The second-order valence-electron chi connectivity index (χ2n) is 4.94. The summed E-state index contributed by atoms with van der Waals surface area (Å²) in [6, 6.07) is 0.600. The minimum absolute atomic E-state index is 0.0949. The molecule has 92 valence electrons. The highest BCUT2D eigenvalue weighted by atomic mass is 16.4. The van der Waals surface area contributed by atoms with Gasteiger partial charge in [0.25, 0.3) is 0 Å². The molecule has 3 N–H and O–H groups in total. The molecule has 0 heterocycles. The number of hydrogen-bond acceptors (Lipinski definition) is 3. The fourth-order valence-electron chi connectivity index (χ4n) is 1.16. The Kier molecular flexibility index (Phi) is 4.29. The average Bonchev–Trinajstić information content (AvgIpc) is 2.98. The van der Waals surface area contributed by atoms with Gasteiger partial charge in [0, 0.05) is 25.6 Å². The normalized spacial score (nSPS) is 15.9. The summed E-state index contributed by atoms with van der Waals surface area (Å²) in [6.45, 7) is 4.03. The average molecular weight is 228 g/mol. The highest BCUT2D eigenvalue weighted by Gasteiger charge is 2.27. The Balaban J connectivity index is 2.10. The minimum atomic E-state index is -0.903. The second kappa shape index (κ2) is 5.30. The van der Waals surface area contributed by atoms with Crippen LogP contribution >= 0.6 is 0 Å². The van der Waals surface area contributed by atoms with Gasteiger partial charge in [0.05, 0.1) is 5.41 Å². The first kappa shape index (κ1) is 13.0. The van der Waals surface area contributed by atoms with Crippen molar-refractivity contribution >= 4 is 11.9 Å². The molecule has 1 saturated carbocycles. The van der Waals surface area contributed by atoms with Crippen LogP contribution in [0.5, 0.6) is 0 Å². The van der Waals surface area contributed by atoms with Crippen LogP contribution < -0.4 is 10.6 Å². The van der Waals surface area contributed by atoms with Gasteiger partial charge in [-0.1, -0.05) is 0 Å². The molecule has 1 aliphatic rings. The Morgan fingerprint density at radius 3 is 2.50 bits per heavy atom. The Morgan fingerprint density at radius 1 is 1.38 bits per heavy atom. The molecule has 0 aromatic rings. The lowest BCUT2D eigenvalue weighted by molar-refractivity contribution is -0.146. The van der Waals surface area contributed by atoms with Crippen LogP contribution in [-0.4, -0.2) is 36.1 Å². The lowest BCUT2D eigenvalue weighted by Gasteiger charge is -2.19. The first-order valence-electron chi connectivity index (χ1n) is 5.65. The van der Waals surface area contributed by atoms with Crippen molar-refractivity contribution in [3.05, 3.63) is 0 Å². The van der Waals surface area contributed by atoms with Gasteiger partial charge in [0.15, 0.2) is 0 Å². The van der Waals surface area contributed by atoms with E-state index in [2.05, 4.69) is 10.6 Å². The van der Waals surface area contributed by atoms with Crippen molar-refractivity contribution in [3.8, 4) is 0 Å². The van der Waals surface area contributed by atoms with Gasteiger partial charge < -0.3 is 15.7 Å². The third-order valence-corrected chi connectivity index (χ3v) is 2.67. The zero-order valence-corrected chi connectivity index (χ0v) is 9.88. The van der Waals surface area contributed by atoms with Crippen LogP contribution in [-0.2, 0) is 9.59 Å². The summed E-state index contributed by atoms with van der Waals surface area (Å²) in [7, 11) is 0. The molecule has 0 aromatic heterocycles. The third-order valence-electron chi connectivity index (χ3n) is 2.67. The lowest BCUT2D eigenvalue weighted by atomic mass is 9.94. The molecule has 5 nitrogen and oxygen atoms in total. The van der Waals surface area contributed by atoms with Gasteiger partial charge in [0.2, 0.25) is 5.91 Å². The van der Waals surface area contributed by atoms with E-state index >= 15 is 0 Å². The zero-order valence-electron chi connectivity index (χ0n) is 9.88. The molecule has 16 heavy (non-hydrogen) atoms. The Labute approximate surface area is 95.6 Å². The highest BCUT2D eigenvalue weighted by molar-refractivity contribution is 5.78. The van der Waals surface area contributed by atoms with Crippen molar-refractivity contribution in [3.63, 3.8) is 0 Å². The summed E-state index contributed by atoms with van der Waals surface area (Å²) in [5, 5.41) is 14.7. The van der Waals surface area contributed by atoms with Gasteiger partial charge >= 0.3 is 5.97 Å². The maximum Gasteiger partial charge on any atom is 0.310 e. The maximum atomic E-state index is 11.4. The molecule has 1 rings (SSSR count). The van der Waals surface area contributed by atoms with Gasteiger partial charge in [0.1, 0.15) is 0 Å². The van der Waals surface area contributed by atoms with Crippen LogP contribution in [0.15, 0.2) is 0 Å². The molecule has 1 fully saturated rings. The van der Waals surface area contributed by atoms with E-state index in [0.717, 1.165) is 0 Å². The monoisotopic (exact) mass is 228 g/mol. The predicted octanol–water partition coefficient (Wildman–Crippen LogP) is 0.355. The van der Waals surface area contributed by atoms with Crippen molar-refractivity contribution in [1.29, 1.82) is 0 Å². The molecule has 0 spiro atoms. The first-order valence-corrected chi connectivity index (χ1v) is 5.65. The molecule has 0 radical (unpaired) electrons. The molecule has 0 saturated heterocycles. The number of rotatable bonds is 7. The van der Waals surface area contributed by atoms with Crippen molar-refractivity contribution in [2.24, 2.45) is 5.41 Å². The quantitative estimate of drug-likeness (QED) is 0.587. The summed E-state index contributed by atoms with van der Waals surface area (Å²) in [4.78, 5) is 22.2. The summed E-state index contributed by atoms with van der Waals surface area (Å²) < 4.78 is 0. The maximum absolute atomic E-state index is 11.4. The number of carbonyl (C=O) groups excluding carboxylic acids is 1. The van der Waals surface area contributed by atoms with Crippen molar-refractivity contribution in [1.82, 2.24) is 10.6 Å². The fourth-order valence-corrected chi connectivity index (χ4v) is 1.16. The number of carbonyl (C=O) groups is 2. The Hall–Kier alpha value is -1.10. The van der Waals surface area contributed by atoms with E-state index in [1.165, 1.54) is 12.8 Å². The number of carboxylic acid groups (broad SMARTS) is 1. The van der Waals surface area contributed by atoms with Crippen molar-refractivity contribution < 1.29 is 14.7 Å². The van der Waals surface area contributed by atoms with E-state index in [9.17, 15) is 9.59 Å². The van der Waals surface area contributed by atoms with Gasteiger partial charge in [-0.05, 0) is 26.7 Å². The zero-order chi connectivity index (χ0) is 12.2. The summed E-state index contributed by atoms with van der Waals surface area (Å²) in [5.74, 6) is -0.994. The minimum Gasteiger partial charge on any atom is -0.481 e. The Bertz CT molecular complexity index is 272. The molecule has 0 aromatic carbocycles. The smallest absolute Gasteiger partial charge is 0.310 e. The topological polar surface area (TPSA) is 78.4 Å². The first-order chi connectivity index (χ1) is 7.42. The van der Waals surface area contributed by atoms with Gasteiger partial charge in [-0.25, -0.2) is 0 Å². The van der Waals surface area contributed by atoms with E-state index in [1.807, 2.05) is 0 Å². The Morgan fingerprint density at radius 2 is 2.00 bits per heavy atom. The van der Waals surface area contributed by atoms with Crippen molar-refractivity contribution in [2.45, 2.75) is 39.2 Å². The molecule has 1 amide bonds. The molecule has 1 aliphatic carbocycles.